The molecule has 0 spiro atoms. The second-order valence-corrected chi connectivity index (χ2v) is 8.02. The molecule has 2 atom stereocenters. The number of H-pyrrole nitrogens is 1. The van der Waals surface area contributed by atoms with E-state index >= 15 is 0 Å². The van der Waals surface area contributed by atoms with Gasteiger partial charge in [0.2, 0.25) is 11.1 Å². The highest BCUT2D eigenvalue weighted by atomic mass is 35.5. The normalized spacial score (nSPS) is 24.8. The van der Waals surface area contributed by atoms with E-state index in [2.05, 4.69) is 24.1 Å². The topological polar surface area (TPSA) is 65.3 Å². The Kier molecular flexibility index (Phi) is 4.87. The van der Waals surface area contributed by atoms with Crippen LogP contribution in [0.2, 0.25) is 0 Å². The number of rotatable bonds is 3. The molecule has 5 nitrogen and oxygen atoms in total. The lowest BCUT2D eigenvalue weighted by atomic mass is 9.63. The van der Waals surface area contributed by atoms with Crippen molar-refractivity contribution in [3.63, 3.8) is 0 Å². The fourth-order valence-corrected chi connectivity index (χ4v) is 5.17. The van der Waals surface area contributed by atoms with Gasteiger partial charge in [-0.2, -0.15) is 0 Å². The highest BCUT2D eigenvalue weighted by molar-refractivity contribution is 6.08. The van der Waals surface area contributed by atoms with Gasteiger partial charge in [0.25, 0.3) is 11.8 Å². The maximum Gasteiger partial charge on any atom is 0.262 e. The Bertz CT molecular complexity index is 1130. The molecule has 1 aromatic carbocycles. The van der Waals surface area contributed by atoms with E-state index in [-0.39, 0.29) is 17.2 Å². The molecule has 2 aromatic rings. The van der Waals surface area contributed by atoms with Crippen molar-refractivity contribution in [2.75, 3.05) is 7.11 Å². The van der Waals surface area contributed by atoms with Gasteiger partial charge in [-0.25, -0.2) is 0 Å². The summed E-state index contributed by atoms with van der Waals surface area (Å²) in [6, 6.07) is 8.73. The van der Waals surface area contributed by atoms with Crippen LogP contribution in [0.5, 0.6) is 11.5 Å². The average molecular weight is 412 g/mol. The fourth-order valence-electron chi connectivity index (χ4n) is 4.82. The molecule has 0 saturated heterocycles. The van der Waals surface area contributed by atoms with Crippen molar-refractivity contribution in [3.05, 3.63) is 80.8 Å². The molecule has 0 aliphatic heterocycles. The zero-order chi connectivity index (χ0) is 20.8. The van der Waals surface area contributed by atoms with Crippen molar-refractivity contribution in [2.45, 2.75) is 32.2 Å². The summed E-state index contributed by atoms with van der Waals surface area (Å²) in [7, 11) is 1.52. The first-order chi connectivity index (χ1) is 13.9. The lowest BCUT2D eigenvalue weighted by molar-refractivity contribution is -0.471. The number of aromatic nitrogens is 1. The summed E-state index contributed by atoms with van der Waals surface area (Å²) in [6.45, 7) is 4.13. The van der Waals surface area contributed by atoms with E-state index < -0.39 is 5.54 Å². The van der Waals surface area contributed by atoms with E-state index in [0.29, 0.717) is 17.7 Å². The zero-order valence-corrected chi connectivity index (χ0v) is 17.5. The Morgan fingerprint density at radius 1 is 1.34 bits per heavy atom. The number of aromatic hydroxyl groups is 1. The van der Waals surface area contributed by atoms with Gasteiger partial charge in [-0.3, -0.25) is 4.79 Å². The van der Waals surface area contributed by atoms with Crippen molar-refractivity contribution in [1.82, 2.24) is 4.98 Å². The summed E-state index contributed by atoms with van der Waals surface area (Å²) in [6.07, 6.45) is 7.54. The maximum absolute atomic E-state index is 12.0. The number of hydrogen-bond donors (Lipinski definition) is 2. The maximum atomic E-state index is 12.0. The number of halogens is 1. The molecule has 1 aromatic heterocycles. The van der Waals surface area contributed by atoms with Crippen LogP contribution < -0.4 is 10.3 Å². The van der Waals surface area contributed by atoms with Crippen LogP contribution in [-0.4, -0.2) is 27.5 Å². The van der Waals surface area contributed by atoms with E-state index in [9.17, 15) is 9.90 Å². The molecule has 1 heterocycles. The first-order valence-electron chi connectivity index (χ1n) is 9.63. The van der Waals surface area contributed by atoms with E-state index in [1.807, 2.05) is 19.1 Å². The summed E-state index contributed by atoms with van der Waals surface area (Å²) in [5, 5.41) is 10.6. The van der Waals surface area contributed by atoms with Gasteiger partial charge < -0.3 is 14.8 Å². The summed E-state index contributed by atoms with van der Waals surface area (Å²) in [4.78, 5) is 15.0. The fraction of sp³-hybridized carbons (Fsp3) is 0.304. The van der Waals surface area contributed by atoms with Gasteiger partial charge in [-0.15, -0.1) is 4.09 Å². The zero-order valence-electron chi connectivity index (χ0n) is 16.7. The molecular formula is C23H24ClN2O3+. The number of allylic oxidation sites excluding steroid dienone is 2. The molecule has 150 valence electrons. The summed E-state index contributed by atoms with van der Waals surface area (Å²) in [5.74, 6) is 0.586. The minimum atomic E-state index is -0.646. The third kappa shape index (κ3) is 3.01. The number of benzene rings is 1. The van der Waals surface area contributed by atoms with Crippen LogP contribution in [0.4, 0.5) is 0 Å². The minimum absolute atomic E-state index is 0.0382. The Balaban J connectivity index is 1.98. The highest BCUT2D eigenvalue weighted by Gasteiger charge is 2.55. The molecule has 29 heavy (non-hydrogen) atoms. The number of para-hydroxylation sites is 1. The molecule has 0 fully saturated rings. The molecule has 2 aliphatic rings. The van der Waals surface area contributed by atoms with Gasteiger partial charge in [0.05, 0.1) is 12.7 Å². The molecule has 6 heteroatoms. The predicted octanol–water partition coefficient (Wildman–Crippen LogP) is 4.04. The van der Waals surface area contributed by atoms with Crippen molar-refractivity contribution in [1.29, 1.82) is 0 Å². The standard InChI is InChI=1S/C23H23ClN2O3/c1-4-17-16-10-14(2)12-23(17,18-8-9-21(27)25-19(18)11-16)26(24)13-15-6-5-7-20(29-3)22(15)28/h4-10,13,16H,11-12H2,1-3H3,(H,25,27)/p+1/t16-,23+/m0/s1. The van der Waals surface area contributed by atoms with E-state index in [1.54, 1.807) is 28.5 Å². The lowest BCUT2D eigenvalue weighted by Crippen LogP contribution is -2.47. The van der Waals surface area contributed by atoms with Gasteiger partial charge in [0.15, 0.2) is 17.7 Å². The van der Waals surface area contributed by atoms with Crippen molar-refractivity contribution < 1.29 is 13.9 Å². The molecular weight excluding hydrogens is 388 g/mol. The average Bonchev–Trinajstić information content (AvgIpc) is 2.68. The number of hydrogen-bond acceptors (Lipinski definition) is 3. The van der Waals surface area contributed by atoms with Crippen LogP contribution in [0.1, 0.15) is 37.1 Å². The van der Waals surface area contributed by atoms with Crippen LogP contribution in [0.25, 0.3) is 0 Å². The number of methoxy groups -OCH3 is 1. The number of nitrogens with zero attached hydrogens (tertiary/aromatic N) is 1. The Morgan fingerprint density at radius 3 is 2.86 bits per heavy atom. The number of phenolic OH excluding ortho intramolecular Hbond substituents is 1. The first-order valence-corrected chi connectivity index (χ1v) is 9.97. The van der Waals surface area contributed by atoms with Crippen LogP contribution in [0, 0.1) is 5.92 Å². The SMILES string of the molecule is CC=C1[C@H]2C=C(C)C[C@]1([N+](Cl)=Cc1cccc(OC)c1O)c1ccc(=O)[nH]c1C2. The number of nitrogens with one attached hydrogen (secondary N) is 1. The molecule has 2 N–H and O–H groups in total. The molecule has 2 bridgehead atoms. The monoisotopic (exact) mass is 411 g/mol. The van der Waals surface area contributed by atoms with E-state index in [0.717, 1.165) is 17.7 Å². The third-order valence-electron chi connectivity index (χ3n) is 5.95. The Labute approximate surface area is 174 Å². The van der Waals surface area contributed by atoms with Crippen molar-refractivity contribution in [2.24, 2.45) is 5.92 Å². The predicted molar refractivity (Wildman–Crippen MR) is 114 cm³/mol. The van der Waals surface area contributed by atoms with Crippen molar-refractivity contribution in [3.8, 4) is 11.5 Å². The largest absolute Gasteiger partial charge is 0.504 e. The summed E-state index contributed by atoms with van der Waals surface area (Å²) >= 11 is 6.99. The molecule has 0 saturated carbocycles. The Morgan fingerprint density at radius 2 is 2.14 bits per heavy atom. The highest BCUT2D eigenvalue weighted by Crippen LogP contribution is 2.52. The first kappa shape index (κ1) is 19.5. The molecule has 0 amide bonds. The number of fused-ring (bicyclic) bond motifs is 4. The molecule has 2 aliphatic carbocycles. The smallest absolute Gasteiger partial charge is 0.262 e. The molecule has 0 radical (unpaired) electrons. The second kappa shape index (κ2) is 7.23. The summed E-state index contributed by atoms with van der Waals surface area (Å²) < 4.78 is 6.88. The van der Waals surface area contributed by atoms with Crippen molar-refractivity contribution >= 4 is 18.0 Å². The second-order valence-electron chi connectivity index (χ2n) is 7.66. The Hall–Kier alpha value is -2.79. The van der Waals surface area contributed by atoms with Crippen LogP contribution in [0.3, 0.4) is 0 Å². The van der Waals surface area contributed by atoms with Gasteiger partial charge in [-0.05, 0) is 38.5 Å². The van der Waals surface area contributed by atoms with Crippen LogP contribution in [0.15, 0.2) is 58.4 Å². The lowest BCUT2D eigenvalue weighted by Gasteiger charge is -2.42. The third-order valence-corrected chi connectivity index (χ3v) is 6.33. The number of ether oxygens (including phenoxy) is 1. The number of pyridine rings is 1. The molecule has 4 rings (SSSR count). The quantitative estimate of drug-likeness (QED) is 0.455. The van der Waals surface area contributed by atoms with Gasteiger partial charge in [-0.1, -0.05) is 23.8 Å². The van der Waals surface area contributed by atoms with Crippen LogP contribution >= 0.6 is 11.8 Å². The number of phenols is 1. The van der Waals surface area contributed by atoms with E-state index in [1.165, 1.54) is 18.3 Å². The van der Waals surface area contributed by atoms with Gasteiger partial charge in [0.1, 0.15) is 0 Å². The number of aromatic amines is 1. The van der Waals surface area contributed by atoms with Gasteiger partial charge in [0, 0.05) is 35.2 Å². The minimum Gasteiger partial charge on any atom is -0.504 e. The van der Waals surface area contributed by atoms with Crippen LogP contribution in [-0.2, 0) is 12.0 Å². The van der Waals surface area contributed by atoms with Gasteiger partial charge >= 0.3 is 0 Å². The summed E-state index contributed by atoms with van der Waals surface area (Å²) in [5.41, 5.74) is 4.13. The van der Waals surface area contributed by atoms with E-state index in [4.69, 9.17) is 16.5 Å². The molecule has 0 unspecified atom stereocenters.